The number of carbonyl (C=O) groups excluding carboxylic acids is 1. The highest BCUT2D eigenvalue weighted by molar-refractivity contribution is 8.14. The molecule has 0 saturated carbocycles. The molecule has 0 spiro atoms. The molecule has 0 aromatic heterocycles. The van der Waals surface area contributed by atoms with Gasteiger partial charge in [0.15, 0.2) is 5.12 Å². The van der Waals surface area contributed by atoms with E-state index in [-0.39, 0.29) is 5.12 Å². The Labute approximate surface area is 73.9 Å². The number of hydrogen-bond acceptors (Lipinski definition) is 2. The van der Waals surface area contributed by atoms with Crippen LogP contribution in [0, 0.1) is 0 Å². The molecule has 0 fully saturated rings. The second kappa shape index (κ2) is 6.71. The van der Waals surface area contributed by atoms with Crippen molar-refractivity contribution >= 4 is 16.9 Å². The highest BCUT2D eigenvalue weighted by atomic mass is 32.2. The van der Waals surface area contributed by atoms with Crippen LogP contribution in [-0.4, -0.2) is 10.4 Å². The van der Waals surface area contributed by atoms with Crippen molar-refractivity contribution in [2.45, 2.75) is 51.7 Å². The number of thioether (sulfide) groups is 1. The van der Waals surface area contributed by atoms with Gasteiger partial charge in [0.1, 0.15) is 0 Å². The Kier molecular flexibility index (Phi) is 6.73. The molecule has 0 heterocycles. The summed E-state index contributed by atoms with van der Waals surface area (Å²) in [6, 6.07) is 0. The van der Waals surface area contributed by atoms with E-state index in [0.717, 1.165) is 0 Å². The first-order valence-electron chi connectivity index (χ1n) is 4.34. The van der Waals surface area contributed by atoms with Gasteiger partial charge in [0.25, 0.3) is 0 Å². The maximum atomic E-state index is 10.6. The van der Waals surface area contributed by atoms with Crippen LogP contribution in [0.4, 0.5) is 0 Å². The molecule has 0 amide bonds. The van der Waals surface area contributed by atoms with Crippen LogP contribution < -0.4 is 0 Å². The van der Waals surface area contributed by atoms with Crippen LogP contribution in [0.5, 0.6) is 0 Å². The van der Waals surface area contributed by atoms with Gasteiger partial charge in [-0.1, -0.05) is 44.9 Å². The minimum Gasteiger partial charge on any atom is -0.288 e. The minimum atomic E-state index is 0.244. The van der Waals surface area contributed by atoms with Crippen LogP contribution in [0.3, 0.4) is 0 Å². The van der Waals surface area contributed by atoms with Crippen LogP contribution in [0.25, 0.3) is 0 Å². The molecule has 0 bridgehead atoms. The van der Waals surface area contributed by atoms with Crippen LogP contribution in [-0.2, 0) is 4.79 Å². The SMILES string of the molecule is CCCCCC(C)SC(C)=O. The van der Waals surface area contributed by atoms with Crippen LogP contribution >= 0.6 is 11.8 Å². The number of rotatable bonds is 5. The zero-order valence-electron chi connectivity index (χ0n) is 7.72. The molecule has 2 heteroatoms. The molecule has 0 radical (unpaired) electrons. The van der Waals surface area contributed by atoms with Crippen molar-refractivity contribution in [3.05, 3.63) is 0 Å². The normalized spacial score (nSPS) is 13.0. The second-order valence-electron chi connectivity index (χ2n) is 2.92. The molecule has 66 valence electrons. The second-order valence-corrected chi connectivity index (χ2v) is 4.53. The van der Waals surface area contributed by atoms with Gasteiger partial charge in [-0.2, -0.15) is 0 Å². The van der Waals surface area contributed by atoms with Crippen molar-refractivity contribution in [2.24, 2.45) is 0 Å². The first kappa shape index (κ1) is 11.0. The predicted molar refractivity (Wildman–Crippen MR) is 51.9 cm³/mol. The quantitative estimate of drug-likeness (QED) is 0.595. The first-order valence-corrected chi connectivity index (χ1v) is 5.22. The third kappa shape index (κ3) is 7.92. The van der Waals surface area contributed by atoms with E-state index < -0.39 is 0 Å². The van der Waals surface area contributed by atoms with Crippen molar-refractivity contribution < 1.29 is 4.79 Å². The van der Waals surface area contributed by atoms with Gasteiger partial charge < -0.3 is 0 Å². The molecule has 0 rings (SSSR count). The summed E-state index contributed by atoms with van der Waals surface area (Å²) < 4.78 is 0. The molecule has 0 aliphatic carbocycles. The Morgan fingerprint density at radius 1 is 1.45 bits per heavy atom. The Bertz CT molecular complexity index is 112. The van der Waals surface area contributed by atoms with Gasteiger partial charge in [-0.3, -0.25) is 4.79 Å². The molecule has 0 aromatic rings. The fraction of sp³-hybridized carbons (Fsp3) is 0.889. The summed E-state index contributed by atoms with van der Waals surface area (Å²) in [5.41, 5.74) is 0. The van der Waals surface area contributed by atoms with Crippen LogP contribution in [0.1, 0.15) is 46.5 Å². The van der Waals surface area contributed by atoms with Crippen molar-refractivity contribution in [2.75, 3.05) is 0 Å². The Hall–Kier alpha value is 0.0200. The summed E-state index contributed by atoms with van der Waals surface area (Å²) in [5, 5.41) is 0.757. The maximum absolute atomic E-state index is 10.6. The summed E-state index contributed by atoms with van der Waals surface area (Å²) in [6.07, 6.45) is 5.00. The van der Waals surface area contributed by atoms with Gasteiger partial charge in [-0.15, -0.1) is 0 Å². The molecule has 11 heavy (non-hydrogen) atoms. The topological polar surface area (TPSA) is 17.1 Å². The van der Waals surface area contributed by atoms with E-state index in [1.54, 1.807) is 6.92 Å². The zero-order chi connectivity index (χ0) is 8.69. The molecule has 0 aliphatic heterocycles. The third-order valence-corrected chi connectivity index (χ3v) is 2.55. The summed E-state index contributed by atoms with van der Waals surface area (Å²) in [5.74, 6) is 0. The lowest BCUT2D eigenvalue weighted by Gasteiger charge is -2.06. The zero-order valence-corrected chi connectivity index (χ0v) is 8.54. The van der Waals surface area contributed by atoms with Gasteiger partial charge in [0.2, 0.25) is 0 Å². The monoisotopic (exact) mass is 174 g/mol. The van der Waals surface area contributed by atoms with Crippen LogP contribution in [0.2, 0.25) is 0 Å². The van der Waals surface area contributed by atoms with Crippen molar-refractivity contribution in [3.8, 4) is 0 Å². The minimum absolute atomic E-state index is 0.244. The van der Waals surface area contributed by atoms with E-state index in [1.807, 2.05) is 0 Å². The largest absolute Gasteiger partial charge is 0.288 e. The fourth-order valence-electron chi connectivity index (χ4n) is 1.02. The highest BCUT2D eigenvalue weighted by Gasteiger charge is 2.04. The number of hydrogen-bond donors (Lipinski definition) is 0. The molecule has 1 atom stereocenters. The summed E-state index contributed by atoms with van der Waals surface area (Å²) in [7, 11) is 0. The predicted octanol–water partition coefficient (Wildman–Crippen LogP) is 3.23. The lowest BCUT2D eigenvalue weighted by Crippen LogP contribution is -1.99. The lowest BCUT2D eigenvalue weighted by molar-refractivity contribution is -0.109. The van der Waals surface area contributed by atoms with Gasteiger partial charge in [0.05, 0.1) is 0 Å². The van der Waals surface area contributed by atoms with Gasteiger partial charge in [0, 0.05) is 12.2 Å². The lowest BCUT2D eigenvalue weighted by atomic mass is 10.2. The van der Waals surface area contributed by atoms with E-state index in [0.29, 0.717) is 5.25 Å². The Morgan fingerprint density at radius 2 is 2.09 bits per heavy atom. The van der Waals surface area contributed by atoms with Crippen LogP contribution in [0.15, 0.2) is 0 Å². The van der Waals surface area contributed by atoms with E-state index in [4.69, 9.17) is 0 Å². The molecule has 1 nitrogen and oxygen atoms in total. The average Bonchev–Trinajstić information content (AvgIpc) is 1.86. The molecule has 0 aromatic carbocycles. The molecular formula is C9H18OS. The van der Waals surface area contributed by atoms with E-state index in [2.05, 4.69) is 13.8 Å². The van der Waals surface area contributed by atoms with Crippen molar-refractivity contribution in [3.63, 3.8) is 0 Å². The smallest absolute Gasteiger partial charge is 0.186 e. The van der Waals surface area contributed by atoms with Gasteiger partial charge in [-0.05, 0) is 6.42 Å². The van der Waals surface area contributed by atoms with Crippen molar-refractivity contribution in [1.82, 2.24) is 0 Å². The first-order chi connectivity index (χ1) is 5.16. The number of carbonyl (C=O) groups is 1. The summed E-state index contributed by atoms with van der Waals surface area (Å²) in [4.78, 5) is 10.6. The van der Waals surface area contributed by atoms with Crippen molar-refractivity contribution in [1.29, 1.82) is 0 Å². The maximum Gasteiger partial charge on any atom is 0.186 e. The van der Waals surface area contributed by atoms with E-state index in [1.165, 1.54) is 37.4 Å². The fourth-order valence-corrected chi connectivity index (χ4v) is 1.88. The Balaban J connectivity index is 3.22. The third-order valence-electron chi connectivity index (χ3n) is 1.58. The molecule has 0 aliphatic rings. The number of unbranched alkanes of at least 4 members (excludes halogenated alkanes) is 2. The molecule has 1 unspecified atom stereocenters. The van der Waals surface area contributed by atoms with Gasteiger partial charge >= 0.3 is 0 Å². The summed E-state index contributed by atoms with van der Waals surface area (Å²) >= 11 is 1.47. The standard InChI is InChI=1S/C9H18OS/c1-4-5-6-7-8(2)11-9(3)10/h8H,4-7H2,1-3H3. The van der Waals surface area contributed by atoms with E-state index >= 15 is 0 Å². The average molecular weight is 174 g/mol. The molecule has 0 saturated heterocycles. The Morgan fingerprint density at radius 3 is 2.55 bits per heavy atom. The van der Waals surface area contributed by atoms with Gasteiger partial charge in [-0.25, -0.2) is 0 Å². The molecular weight excluding hydrogens is 156 g/mol. The van der Waals surface area contributed by atoms with E-state index in [9.17, 15) is 4.79 Å². The molecule has 0 N–H and O–H groups in total. The highest BCUT2D eigenvalue weighted by Crippen LogP contribution is 2.17. The summed E-state index contributed by atoms with van der Waals surface area (Å²) in [6.45, 7) is 5.96.